The second-order valence-corrected chi connectivity index (χ2v) is 11.7. The van der Waals surface area contributed by atoms with Crippen LogP contribution in [0.1, 0.15) is 28.4 Å². The molecule has 6 nitrogen and oxygen atoms in total. The predicted molar refractivity (Wildman–Crippen MR) is 170 cm³/mol. The first-order chi connectivity index (χ1) is 19.5. The fourth-order valence-corrected chi connectivity index (χ4v) is 5.93. The van der Waals surface area contributed by atoms with E-state index in [1.54, 1.807) is 0 Å². The van der Waals surface area contributed by atoms with Gasteiger partial charge in [0.05, 0.1) is 28.8 Å². The molecule has 0 spiro atoms. The molecule has 4 aromatic carbocycles. The Balaban J connectivity index is 1.50. The van der Waals surface area contributed by atoms with Crippen molar-refractivity contribution in [3.63, 3.8) is 0 Å². The highest BCUT2D eigenvalue weighted by Crippen LogP contribution is 2.48. The lowest BCUT2D eigenvalue weighted by atomic mass is 9.93. The van der Waals surface area contributed by atoms with E-state index in [0.29, 0.717) is 5.84 Å². The normalized spacial score (nSPS) is 15.5. The maximum atomic E-state index is 5.32. The Labute approximate surface area is 249 Å². The topological polar surface area (TPSA) is 57.8 Å². The molecule has 5 aromatic rings. The van der Waals surface area contributed by atoms with Gasteiger partial charge in [-0.1, -0.05) is 74.3 Å². The largest absolute Gasteiger partial charge is 0.337 e. The third-order valence-corrected chi connectivity index (χ3v) is 8.33. The van der Waals surface area contributed by atoms with E-state index in [2.05, 4.69) is 104 Å². The first kappa shape index (κ1) is 25.0. The van der Waals surface area contributed by atoms with Gasteiger partial charge in [-0.15, -0.1) is 0 Å². The summed E-state index contributed by atoms with van der Waals surface area (Å²) < 4.78 is 4.03. The van der Waals surface area contributed by atoms with Crippen molar-refractivity contribution in [2.75, 3.05) is 10.2 Å². The van der Waals surface area contributed by atoms with E-state index >= 15 is 0 Å². The minimum Gasteiger partial charge on any atom is -0.337 e. The Hall–Kier alpha value is -4.01. The number of hydrogen-bond acceptors (Lipinski definition) is 5. The lowest BCUT2D eigenvalue weighted by molar-refractivity contribution is 0.814. The third kappa shape index (κ3) is 4.19. The first-order valence-electron chi connectivity index (χ1n) is 13.0. The van der Waals surface area contributed by atoms with Crippen LogP contribution < -0.4 is 10.2 Å². The SMILES string of the molecule is Cc1ccccc1-n1nc(C)c2c1N=C1C(Nc3ccc(Br)cc3)=Nc3ccccc3N1[C@@H]2c1ccc(Br)cc1. The van der Waals surface area contributed by atoms with E-state index in [1.165, 1.54) is 0 Å². The maximum absolute atomic E-state index is 5.32. The average Bonchev–Trinajstić information content (AvgIpc) is 3.29. The highest BCUT2D eigenvalue weighted by molar-refractivity contribution is 9.10. The molecular formula is C32H24Br2N6. The lowest BCUT2D eigenvalue weighted by Crippen LogP contribution is -2.46. The van der Waals surface area contributed by atoms with Crippen LogP contribution in [0, 0.1) is 13.8 Å². The standard InChI is InChI=1S/C32H24Br2N6/c1-19-7-3-5-9-26(19)40-31-28(20(2)38-40)29(21-11-13-22(33)14-12-21)39-27-10-6-4-8-25(27)36-30(32(39)37-31)35-24-17-15-23(34)16-18-24/h3-18,29H,1-2H3,(H,35,36)/t29-/m1/s1. The summed E-state index contributed by atoms with van der Waals surface area (Å²) in [4.78, 5) is 12.7. The zero-order valence-electron chi connectivity index (χ0n) is 21.8. The summed E-state index contributed by atoms with van der Waals surface area (Å²) >= 11 is 7.16. The number of halogens is 2. The van der Waals surface area contributed by atoms with E-state index < -0.39 is 0 Å². The van der Waals surface area contributed by atoms with E-state index in [9.17, 15) is 0 Å². The minimum atomic E-state index is -0.160. The number of benzene rings is 4. The molecule has 8 heteroatoms. The molecule has 0 aliphatic carbocycles. The number of amidine groups is 2. The molecule has 0 amide bonds. The van der Waals surface area contributed by atoms with Gasteiger partial charge in [0.25, 0.3) is 0 Å². The number of rotatable bonds is 3. The fraction of sp³-hybridized carbons (Fsp3) is 0.0938. The Kier molecular flexibility index (Phi) is 6.17. The lowest BCUT2D eigenvalue weighted by Gasteiger charge is -2.40. The van der Waals surface area contributed by atoms with Crippen molar-refractivity contribution in [1.82, 2.24) is 9.78 Å². The molecule has 0 saturated carbocycles. The van der Waals surface area contributed by atoms with Crippen LogP contribution in [-0.2, 0) is 0 Å². The highest BCUT2D eigenvalue weighted by Gasteiger charge is 2.41. The number of nitrogens with one attached hydrogen (secondary N) is 1. The summed E-state index contributed by atoms with van der Waals surface area (Å²) in [6, 6.07) is 33.0. The van der Waals surface area contributed by atoms with Gasteiger partial charge in [-0.05, 0) is 79.6 Å². The monoisotopic (exact) mass is 650 g/mol. The molecule has 2 aliphatic heterocycles. The van der Waals surface area contributed by atoms with Crippen LogP contribution in [-0.4, -0.2) is 21.5 Å². The number of para-hydroxylation sites is 3. The predicted octanol–water partition coefficient (Wildman–Crippen LogP) is 8.81. The van der Waals surface area contributed by atoms with Crippen molar-refractivity contribution < 1.29 is 0 Å². The minimum absolute atomic E-state index is 0.160. The van der Waals surface area contributed by atoms with Gasteiger partial charge in [0, 0.05) is 20.2 Å². The molecule has 0 bridgehead atoms. The van der Waals surface area contributed by atoms with E-state index in [4.69, 9.17) is 15.1 Å². The number of fused-ring (bicyclic) bond motifs is 4. The molecule has 3 heterocycles. The van der Waals surface area contributed by atoms with Gasteiger partial charge in [-0.3, -0.25) is 0 Å². The Morgan fingerprint density at radius 3 is 2.10 bits per heavy atom. The number of aromatic nitrogens is 2. The van der Waals surface area contributed by atoms with E-state index in [-0.39, 0.29) is 6.04 Å². The van der Waals surface area contributed by atoms with Crippen molar-refractivity contribution in [1.29, 1.82) is 0 Å². The van der Waals surface area contributed by atoms with Gasteiger partial charge in [-0.2, -0.15) is 5.10 Å². The molecule has 7 rings (SSSR count). The Bertz CT molecular complexity index is 1820. The van der Waals surface area contributed by atoms with Crippen molar-refractivity contribution in [3.05, 3.63) is 128 Å². The van der Waals surface area contributed by atoms with Gasteiger partial charge < -0.3 is 10.2 Å². The third-order valence-electron chi connectivity index (χ3n) is 7.27. The van der Waals surface area contributed by atoms with Crippen LogP contribution in [0.15, 0.2) is 116 Å². The number of hydrogen-bond donors (Lipinski definition) is 1. The second-order valence-electron chi connectivity index (χ2n) is 9.86. The van der Waals surface area contributed by atoms with Crippen LogP contribution >= 0.6 is 31.9 Å². The van der Waals surface area contributed by atoms with Gasteiger partial charge in [-0.25, -0.2) is 14.7 Å². The molecule has 1 atom stereocenters. The molecule has 40 heavy (non-hydrogen) atoms. The van der Waals surface area contributed by atoms with Crippen LogP contribution in [0.25, 0.3) is 5.69 Å². The summed E-state index contributed by atoms with van der Waals surface area (Å²) in [6.45, 7) is 4.18. The number of nitrogens with zero attached hydrogens (tertiary/aromatic N) is 5. The van der Waals surface area contributed by atoms with Crippen molar-refractivity contribution >= 4 is 66.4 Å². The summed E-state index contributed by atoms with van der Waals surface area (Å²) in [5.74, 6) is 2.25. The maximum Gasteiger partial charge on any atom is 0.179 e. The van der Waals surface area contributed by atoms with Crippen molar-refractivity contribution in [2.45, 2.75) is 19.9 Å². The molecule has 1 N–H and O–H groups in total. The van der Waals surface area contributed by atoms with Gasteiger partial charge in [0.15, 0.2) is 17.5 Å². The molecule has 1 aromatic heterocycles. The molecule has 0 fully saturated rings. The number of aryl methyl sites for hydroxylation is 2. The number of aliphatic imine (C=N–C) groups is 2. The van der Waals surface area contributed by atoms with Crippen molar-refractivity contribution in [3.8, 4) is 5.69 Å². The first-order valence-corrected chi connectivity index (χ1v) is 14.6. The van der Waals surface area contributed by atoms with Crippen molar-refractivity contribution in [2.24, 2.45) is 9.98 Å². The smallest absolute Gasteiger partial charge is 0.179 e. The summed E-state index contributed by atoms with van der Waals surface area (Å²) in [7, 11) is 0. The summed E-state index contributed by atoms with van der Waals surface area (Å²) in [6.07, 6.45) is 0. The van der Waals surface area contributed by atoms with Crippen LogP contribution in [0.4, 0.5) is 22.9 Å². The summed E-state index contributed by atoms with van der Waals surface area (Å²) in [5.41, 5.74) is 8.12. The van der Waals surface area contributed by atoms with E-state index in [1.807, 2.05) is 53.2 Å². The van der Waals surface area contributed by atoms with Gasteiger partial charge >= 0.3 is 0 Å². The molecule has 196 valence electrons. The second kappa shape index (κ2) is 9.87. The Morgan fingerprint density at radius 2 is 1.38 bits per heavy atom. The van der Waals surface area contributed by atoms with Crippen LogP contribution in [0.2, 0.25) is 0 Å². The molecular weight excluding hydrogens is 628 g/mol. The molecule has 0 unspecified atom stereocenters. The van der Waals surface area contributed by atoms with E-state index in [0.717, 1.165) is 65.7 Å². The zero-order valence-corrected chi connectivity index (χ0v) is 25.0. The van der Waals surface area contributed by atoms with Crippen LogP contribution in [0.3, 0.4) is 0 Å². The van der Waals surface area contributed by atoms with Gasteiger partial charge in [0.2, 0.25) is 0 Å². The fourth-order valence-electron chi connectivity index (χ4n) is 5.40. The van der Waals surface area contributed by atoms with Gasteiger partial charge in [0.1, 0.15) is 0 Å². The summed E-state index contributed by atoms with van der Waals surface area (Å²) in [5, 5.41) is 8.61. The van der Waals surface area contributed by atoms with Crippen LogP contribution in [0.5, 0.6) is 0 Å². The average molecular weight is 652 g/mol. The highest BCUT2D eigenvalue weighted by atomic mass is 79.9. The molecule has 0 saturated heterocycles. The number of anilines is 2. The molecule has 2 aliphatic rings. The Morgan fingerprint density at radius 1 is 0.725 bits per heavy atom. The molecule has 0 radical (unpaired) electrons. The zero-order chi connectivity index (χ0) is 27.4. The quantitative estimate of drug-likeness (QED) is 0.212.